The summed E-state index contributed by atoms with van der Waals surface area (Å²) in [6, 6.07) is 13.9. The molecule has 34 heavy (non-hydrogen) atoms. The van der Waals surface area contributed by atoms with Crippen molar-refractivity contribution in [1.29, 1.82) is 0 Å². The molecule has 1 aromatic heterocycles. The molecular weight excluding hydrogens is 472 g/mol. The van der Waals surface area contributed by atoms with Crippen LogP contribution in [0.2, 0.25) is 5.02 Å². The largest absolute Gasteiger partial charge is 0.490 e. The van der Waals surface area contributed by atoms with Crippen LogP contribution in [0.15, 0.2) is 82.2 Å². The van der Waals surface area contributed by atoms with Gasteiger partial charge in [-0.3, -0.25) is 9.36 Å². The van der Waals surface area contributed by atoms with Crippen LogP contribution in [-0.2, 0) is 9.53 Å². The van der Waals surface area contributed by atoms with Crippen molar-refractivity contribution in [2.45, 2.75) is 19.9 Å². The topological polar surface area (TPSA) is 69.9 Å². The van der Waals surface area contributed by atoms with Gasteiger partial charge in [0.15, 0.2) is 4.80 Å². The van der Waals surface area contributed by atoms with Crippen LogP contribution in [0.1, 0.15) is 31.0 Å². The van der Waals surface area contributed by atoms with Crippen LogP contribution in [0, 0.1) is 0 Å². The molecule has 0 N–H and O–H groups in total. The Bertz CT molecular complexity index is 1450. The monoisotopic (exact) mass is 494 g/mol. The smallest absolute Gasteiger partial charge is 0.338 e. The Labute approximate surface area is 205 Å². The summed E-state index contributed by atoms with van der Waals surface area (Å²) in [5.74, 6) is 0.199. The fourth-order valence-corrected chi connectivity index (χ4v) is 5.04. The lowest BCUT2D eigenvalue weighted by Crippen LogP contribution is -2.40. The summed E-state index contributed by atoms with van der Waals surface area (Å²) in [7, 11) is 0. The van der Waals surface area contributed by atoms with E-state index in [0.717, 1.165) is 5.56 Å². The zero-order valence-corrected chi connectivity index (χ0v) is 20.4. The van der Waals surface area contributed by atoms with Crippen molar-refractivity contribution in [3.05, 3.63) is 108 Å². The lowest BCUT2D eigenvalue weighted by molar-refractivity contribution is -0.139. The number of carbonyl (C=O) groups excluding carboxylic acids is 1. The second-order valence-electron chi connectivity index (χ2n) is 7.49. The van der Waals surface area contributed by atoms with Crippen molar-refractivity contribution in [1.82, 2.24) is 4.57 Å². The number of benzene rings is 2. The number of aromatic nitrogens is 1. The molecule has 0 amide bonds. The highest BCUT2D eigenvalue weighted by atomic mass is 35.5. The molecule has 1 aliphatic heterocycles. The van der Waals surface area contributed by atoms with E-state index in [4.69, 9.17) is 21.1 Å². The van der Waals surface area contributed by atoms with Gasteiger partial charge in [0.2, 0.25) is 0 Å². The predicted octanol–water partition coefficient (Wildman–Crippen LogP) is 4.02. The minimum absolute atomic E-state index is 0.210. The van der Waals surface area contributed by atoms with E-state index < -0.39 is 12.0 Å². The van der Waals surface area contributed by atoms with Crippen LogP contribution in [0.25, 0.3) is 6.08 Å². The number of thiazole rings is 1. The second-order valence-corrected chi connectivity index (χ2v) is 8.91. The average Bonchev–Trinajstić information content (AvgIpc) is 3.12. The van der Waals surface area contributed by atoms with Crippen molar-refractivity contribution in [2.75, 3.05) is 13.2 Å². The van der Waals surface area contributed by atoms with Gasteiger partial charge in [0.25, 0.3) is 5.56 Å². The van der Waals surface area contributed by atoms with E-state index >= 15 is 0 Å². The van der Waals surface area contributed by atoms with Crippen LogP contribution in [0.3, 0.4) is 0 Å². The van der Waals surface area contributed by atoms with Gasteiger partial charge in [0, 0.05) is 5.02 Å². The summed E-state index contributed by atoms with van der Waals surface area (Å²) in [4.78, 5) is 31.6. The van der Waals surface area contributed by atoms with Crippen molar-refractivity contribution in [2.24, 2.45) is 4.99 Å². The molecule has 1 aliphatic rings. The molecule has 0 saturated carbocycles. The fourth-order valence-electron chi connectivity index (χ4n) is 3.75. The molecule has 0 aliphatic carbocycles. The number of esters is 1. The van der Waals surface area contributed by atoms with Gasteiger partial charge < -0.3 is 9.47 Å². The first-order chi connectivity index (χ1) is 16.4. The summed E-state index contributed by atoms with van der Waals surface area (Å²) < 4.78 is 12.8. The number of ether oxygens (including phenoxy) is 2. The average molecular weight is 495 g/mol. The minimum Gasteiger partial charge on any atom is -0.490 e. The summed E-state index contributed by atoms with van der Waals surface area (Å²) in [5.41, 5.74) is 2.03. The number of rotatable bonds is 7. The summed E-state index contributed by atoms with van der Waals surface area (Å²) >= 11 is 7.78. The highest BCUT2D eigenvalue weighted by Crippen LogP contribution is 2.34. The van der Waals surface area contributed by atoms with E-state index in [0.29, 0.717) is 43.5 Å². The molecule has 0 radical (unpaired) electrons. The molecule has 4 rings (SSSR count). The van der Waals surface area contributed by atoms with Crippen molar-refractivity contribution in [3.8, 4) is 5.75 Å². The number of hydrogen-bond donors (Lipinski definition) is 0. The molecule has 3 aromatic rings. The first-order valence-corrected chi connectivity index (χ1v) is 11.9. The third-order valence-electron chi connectivity index (χ3n) is 5.26. The molecule has 8 heteroatoms. The SMILES string of the molecule is C=CCOc1ccc(/C=c2\sc3n(c2=O)[C@H](c2ccccc2Cl)C(C(=O)OCC)=C(C)N=3)cc1. The predicted molar refractivity (Wildman–Crippen MR) is 134 cm³/mol. The van der Waals surface area contributed by atoms with Gasteiger partial charge in [-0.05, 0) is 49.2 Å². The third kappa shape index (κ3) is 4.62. The maximum atomic E-state index is 13.6. The molecule has 0 spiro atoms. The Morgan fingerprint density at radius 2 is 1.97 bits per heavy atom. The zero-order valence-electron chi connectivity index (χ0n) is 18.8. The molecule has 0 unspecified atom stereocenters. The molecule has 0 bridgehead atoms. The number of allylic oxidation sites excluding steroid dienone is 1. The molecule has 174 valence electrons. The molecule has 2 heterocycles. The number of nitrogens with zero attached hydrogens (tertiary/aromatic N) is 2. The van der Waals surface area contributed by atoms with E-state index in [1.54, 1.807) is 38.1 Å². The Kier molecular flexibility index (Phi) is 7.14. The van der Waals surface area contributed by atoms with Crippen molar-refractivity contribution in [3.63, 3.8) is 0 Å². The minimum atomic E-state index is -0.735. The van der Waals surface area contributed by atoms with Crippen LogP contribution in [-0.4, -0.2) is 23.8 Å². The molecule has 0 saturated heterocycles. The number of fused-ring (bicyclic) bond motifs is 1. The first-order valence-electron chi connectivity index (χ1n) is 10.7. The molecule has 6 nitrogen and oxygen atoms in total. The highest BCUT2D eigenvalue weighted by Gasteiger charge is 2.34. The summed E-state index contributed by atoms with van der Waals surface area (Å²) in [6.45, 7) is 7.75. The fraction of sp³-hybridized carbons (Fsp3) is 0.192. The van der Waals surface area contributed by atoms with Gasteiger partial charge in [-0.1, -0.05) is 65.9 Å². The van der Waals surface area contributed by atoms with E-state index in [9.17, 15) is 9.59 Å². The third-order valence-corrected chi connectivity index (χ3v) is 6.59. The molecule has 1 atom stereocenters. The lowest BCUT2D eigenvalue weighted by atomic mass is 9.96. The maximum absolute atomic E-state index is 13.6. The van der Waals surface area contributed by atoms with Gasteiger partial charge >= 0.3 is 5.97 Å². The summed E-state index contributed by atoms with van der Waals surface area (Å²) in [5, 5.41) is 0.452. The van der Waals surface area contributed by atoms with E-state index in [-0.39, 0.29) is 12.2 Å². The highest BCUT2D eigenvalue weighted by molar-refractivity contribution is 7.07. The van der Waals surface area contributed by atoms with E-state index in [2.05, 4.69) is 11.6 Å². The van der Waals surface area contributed by atoms with Gasteiger partial charge in [-0.15, -0.1) is 0 Å². The first kappa shape index (κ1) is 23.7. The quantitative estimate of drug-likeness (QED) is 0.367. The van der Waals surface area contributed by atoms with Crippen LogP contribution in [0.4, 0.5) is 0 Å². The van der Waals surface area contributed by atoms with Crippen molar-refractivity contribution >= 4 is 35.0 Å². The van der Waals surface area contributed by atoms with Gasteiger partial charge in [-0.25, -0.2) is 9.79 Å². The van der Waals surface area contributed by atoms with Gasteiger partial charge in [0.1, 0.15) is 18.4 Å². The van der Waals surface area contributed by atoms with Gasteiger partial charge in [0.05, 0.1) is 22.4 Å². The lowest BCUT2D eigenvalue weighted by Gasteiger charge is -2.25. The molecular formula is C26H23ClN2O4S. The number of carbonyl (C=O) groups is 1. The zero-order chi connectivity index (χ0) is 24.2. The number of hydrogen-bond acceptors (Lipinski definition) is 6. The normalized spacial score (nSPS) is 15.5. The van der Waals surface area contributed by atoms with Crippen LogP contribution in [0.5, 0.6) is 5.75 Å². The second kappa shape index (κ2) is 10.2. The van der Waals surface area contributed by atoms with Crippen LogP contribution >= 0.6 is 22.9 Å². The standard InChI is InChI=1S/C26H23ClN2O4S/c1-4-14-33-18-12-10-17(11-13-18)15-21-24(30)29-23(19-8-6-7-9-20(19)27)22(25(31)32-5-2)16(3)28-26(29)34-21/h4,6-13,15,23H,1,5,14H2,2-3H3/b21-15-/t23-/m1/s1. The van der Waals surface area contributed by atoms with Crippen LogP contribution < -0.4 is 19.6 Å². The molecule has 2 aromatic carbocycles. The van der Waals surface area contributed by atoms with Crippen molar-refractivity contribution < 1.29 is 14.3 Å². The van der Waals surface area contributed by atoms with E-state index in [1.807, 2.05) is 36.4 Å². The maximum Gasteiger partial charge on any atom is 0.338 e. The Morgan fingerprint density at radius 1 is 1.24 bits per heavy atom. The Balaban J connectivity index is 1.86. The summed E-state index contributed by atoms with van der Waals surface area (Å²) in [6.07, 6.45) is 3.48. The Morgan fingerprint density at radius 3 is 2.65 bits per heavy atom. The number of halogens is 1. The van der Waals surface area contributed by atoms with E-state index in [1.165, 1.54) is 15.9 Å². The molecule has 0 fully saturated rings. The Hall–Kier alpha value is -3.42. The van der Waals surface area contributed by atoms with Gasteiger partial charge in [-0.2, -0.15) is 0 Å².